The third kappa shape index (κ3) is 5.78. The first-order valence-electron chi connectivity index (χ1n) is 10.8. The topological polar surface area (TPSA) is 23.5 Å². The number of aliphatic hydroxyl groups is 1. The molecule has 0 aliphatic carbocycles. The van der Waals surface area contributed by atoms with Crippen molar-refractivity contribution in [1.82, 2.24) is 4.90 Å². The quantitative estimate of drug-likeness (QED) is 0.426. The zero-order valence-electron chi connectivity index (χ0n) is 17.5. The summed E-state index contributed by atoms with van der Waals surface area (Å²) in [5, 5.41) is 11.2. The highest BCUT2D eigenvalue weighted by atomic mass is 35.5. The van der Waals surface area contributed by atoms with Gasteiger partial charge in [-0.1, -0.05) is 77.8 Å². The highest BCUT2D eigenvalue weighted by molar-refractivity contribution is 6.30. The maximum absolute atomic E-state index is 9.69. The van der Waals surface area contributed by atoms with Gasteiger partial charge in [-0.3, -0.25) is 4.90 Å². The average Bonchev–Trinajstić information content (AvgIpc) is 2.80. The maximum Gasteiger partial charge on any atom is 0.0449 e. The zero-order valence-corrected chi connectivity index (χ0v) is 19.0. The molecule has 0 amide bonds. The lowest BCUT2D eigenvalue weighted by Crippen LogP contribution is -2.33. The Labute approximate surface area is 194 Å². The van der Waals surface area contributed by atoms with Crippen LogP contribution in [0.15, 0.2) is 78.9 Å². The Bertz CT molecular complexity index is 1010. The van der Waals surface area contributed by atoms with E-state index in [0.29, 0.717) is 0 Å². The number of benzene rings is 3. The van der Waals surface area contributed by atoms with Crippen molar-refractivity contribution in [2.24, 2.45) is 0 Å². The summed E-state index contributed by atoms with van der Waals surface area (Å²) in [5.41, 5.74) is 6.40. The van der Waals surface area contributed by atoms with Crippen molar-refractivity contribution in [3.05, 3.63) is 111 Å². The summed E-state index contributed by atoms with van der Waals surface area (Å²) in [7, 11) is 0. The van der Waals surface area contributed by atoms with Crippen molar-refractivity contribution in [2.75, 3.05) is 19.7 Å². The van der Waals surface area contributed by atoms with Gasteiger partial charge in [0.25, 0.3) is 0 Å². The van der Waals surface area contributed by atoms with Crippen LogP contribution in [0.1, 0.15) is 41.1 Å². The summed E-state index contributed by atoms with van der Waals surface area (Å²) in [6.07, 6.45) is 4.93. The lowest BCUT2D eigenvalue weighted by molar-refractivity contribution is 0.169. The van der Waals surface area contributed by atoms with Crippen molar-refractivity contribution in [3.63, 3.8) is 0 Å². The van der Waals surface area contributed by atoms with E-state index in [1.54, 1.807) is 0 Å². The largest absolute Gasteiger partial charge is 0.396 e. The molecule has 0 fully saturated rings. The van der Waals surface area contributed by atoms with Crippen LogP contribution in [0.4, 0.5) is 0 Å². The summed E-state index contributed by atoms with van der Waals surface area (Å²) >= 11 is 12.0. The van der Waals surface area contributed by atoms with E-state index in [1.165, 1.54) is 27.8 Å². The molecule has 1 aliphatic rings. The minimum Gasteiger partial charge on any atom is -0.396 e. The van der Waals surface area contributed by atoms with Gasteiger partial charge >= 0.3 is 0 Å². The number of halogens is 2. The first kappa shape index (κ1) is 22.1. The lowest BCUT2D eigenvalue weighted by atomic mass is 9.95. The molecule has 4 rings (SSSR count). The predicted molar refractivity (Wildman–Crippen MR) is 131 cm³/mol. The van der Waals surface area contributed by atoms with Gasteiger partial charge in [0.1, 0.15) is 0 Å². The number of hydrogen-bond donors (Lipinski definition) is 1. The third-order valence-electron chi connectivity index (χ3n) is 5.98. The van der Waals surface area contributed by atoms with E-state index in [-0.39, 0.29) is 12.6 Å². The molecule has 1 heterocycles. The van der Waals surface area contributed by atoms with E-state index in [1.807, 2.05) is 24.3 Å². The van der Waals surface area contributed by atoms with Crippen LogP contribution < -0.4 is 0 Å². The summed E-state index contributed by atoms with van der Waals surface area (Å²) in [6, 6.07) is 25.1. The Hall–Kier alpha value is -2.10. The van der Waals surface area contributed by atoms with Gasteiger partial charge in [-0.15, -0.1) is 0 Å². The Balaban J connectivity index is 1.44. The van der Waals surface area contributed by atoms with Gasteiger partial charge < -0.3 is 5.11 Å². The van der Waals surface area contributed by atoms with Gasteiger partial charge in [0, 0.05) is 35.8 Å². The number of aliphatic hydroxyl groups excluding tert-OH is 1. The minimum atomic E-state index is 0.182. The standard InChI is InChI=1S/C27H27Cl2NO/c28-25-9-3-21(4-10-25)19-20-1-5-24(6-2-20)27(15-18-31)30-16-13-23(14-17-30)22-7-11-26(29)12-8-22/h1-13,27,31H,14-19H2. The van der Waals surface area contributed by atoms with E-state index in [9.17, 15) is 5.11 Å². The van der Waals surface area contributed by atoms with Crippen molar-refractivity contribution < 1.29 is 5.11 Å². The van der Waals surface area contributed by atoms with Crippen LogP contribution in [0.25, 0.3) is 5.57 Å². The Morgan fingerprint density at radius 1 is 0.806 bits per heavy atom. The van der Waals surface area contributed by atoms with Crippen molar-refractivity contribution in [3.8, 4) is 0 Å². The first-order valence-corrected chi connectivity index (χ1v) is 11.5. The molecule has 1 atom stereocenters. The van der Waals surface area contributed by atoms with Crippen molar-refractivity contribution in [2.45, 2.75) is 25.3 Å². The van der Waals surface area contributed by atoms with Crippen LogP contribution in [0, 0.1) is 0 Å². The van der Waals surface area contributed by atoms with E-state index < -0.39 is 0 Å². The molecule has 1 aliphatic heterocycles. The normalized spacial score (nSPS) is 15.5. The van der Waals surface area contributed by atoms with Gasteiger partial charge in [-0.2, -0.15) is 0 Å². The summed E-state index contributed by atoms with van der Waals surface area (Å²) in [5.74, 6) is 0. The van der Waals surface area contributed by atoms with Crippen LogP contribution in [0.2, 0.25) is 10.0 Å². The Kier molecular flexibility index (Phi) is 7.47. The molecule has 0 saturated heterocycles. The molecule has 1 unspecified atom stereocenters. The van der Waals surface area contributed by atoms with Gasteiger partial charge in [0.05, 0.1) is 0 Å². The van der Waals surface area contributed by atoms with Crippen LogP contribution in [-0.4, -0.2) is 29.7 Å². The van der Waals surface area contributed by atoms with Crippen LogP contribution in [0.5, 0.6) is 0 Å². The molecule has 3 aromatic carbocycles. The molecule has 3 aromatic rings. The Morgan fingerprint density at radius 2 is 1.39 bits per heavy atom. The second-order valence-corrected chi connectivity index (χ2v) is 8.93. The van der Waals surface area contributed by atoms with Gasteiger partial charge in [-0.05, 0) is 71.4 Å². The van der Waals surface area contributed by atoms with Crippen LogP contribution in [0.3, 0.4) is 0 Å². The fourth-order valence-electron chi connectivity index (χ4n) is 4.27. The molecule has 0 bridgehead atoms. The summed E-state index contributed by atoms with van der Waals surface area (Å²) in [4.78, 5) is 2.46. The van der Waals surface area contributed by atoms with Gasteiger partial charge in [-0.25, -0.2) is 0 Å². The molecule has 4 heteroatoms. The number of nitrogens with zero attached hydrogens (tertiary/aromatic N) is 1. The predicted octanol–water partition coefficient (Wildman–Crippen LogP) is 6.80. The monoisotopic (exact) mass is 451 g/mol. The van der Waals surface area contributed by atoms with E-state index in [4.69, 9.17) is 23.2 Å². The molecule has 0 spiro atoms. The second kappa shape index (κ2) is 10.5. The molecular weight excluding hydrogens is 425 g/mol. The third-order valence-corrected chi connectivity index (χ3v) is 6.49. The smallest absolute Gasteiger partial charge is 0.0449 e. The Morgan fingerprint density at radius 3 is 1.94 bits per heavy atom. The first-order chi connectivity index (χ1) is 15.1. The molecule has 31 heavy (non-hydrogen) atoms. The van der Waals surface area contributed by atoms with Crippen LogP contribution in [-0.2, 0) is 6.42 Å². The summed E-state index contributed by atoms with van der Waals surface area (Å²) < 4.78 is 0. The SMILES string of the molecule is OCCC(c1ccc(Cc2ccc(Cl)cc2)cc1)N1CC=C(c2ccc(Cl)cc2)CC1. The molecule has 0 aromatic heterocycles. The maximum atomic E-state index is 9.69. The van der Waals surface area contributed by atoms with Crippen molar-refractivity contribution in [1.29, 1.82) is 0 Å². The molecular formula is C27H27Cl2NO. The lowest BCUT2D eigenvalue weighted by Gasteiger charge is -2.34. The summed E-state index contributed by atoms with van der Waals surface area (Å²) in [6.45, 7) is 2.04. The average molecular weight is 452 g/mol. The van der Waals surface area contributed by atoms with E-state index in [2.05, 4.69) is 59.5 Å². The van der Waals surface area contributed by atoms with Crippen LogP contribution >= 0.6 is 23.2 Å². The molecule has 160 valence electrons. The highest BCUT2D eigenvalue weighted by Gasteiger charge is 2.22. The molecule has 1 N–H and O–H groups in total. The van der Waals surface area contributed by atoms with E-state index >= 15 is 0 Å². The van der Waals surface area contributed by atoms with E-state index in [0.717, 1.165) is 42.4 Å². The second-order valence-electron chi connectivity index (χ2n) is 8.05. The van der Waals surface area contributed by atoms with Gasteiger partial charge in [0.15, 0.2) is 0 Å². The fourth-order valence-corrected chi connectivity index (χ4v) is 4.52. The zero-order chi connectivity index (χ0) is 21.6. The van der Waals surface area contributed by atoms with Crippen molar-refractivity contribution >= 4 is 28.8 Å². The fraction of sp³-hybridized carbons (Fsp3) is 0.259. The minimum absolute atomic E-state index is 0.182. The molecule has 2 nitrogen and oxygen atoms in total. The number of rotatable bonds is 7. The molecule has 0 radical (unpaired) electrons. The highest BCUT2D eigenvalue weighted by Crippen LogP contribution is 2.31. The number of hydrogen-bond acceptors (Lipinski definition) is 2. The molecule has 0 saturated carbocycles. The van der Waals surface area contributed by atoms with Gasteiger partial charge in [0.2, 0.25) is 0 Å².